The van der Waals surface area contributed by atoms with Gasteiger partial charge in [0.1, 0.15) is 0 Å². The summed E-state index contributed by atoms with van der Waals surface area (Å²) >= 11 is 0. The van der Waals surface area contributed by atoms with E-state index in [9.17, 15) is 0 Å². The van der Waals surface area contributed by atoms with E-state index < -0.39 is 0 Å². The molecule has 1 saturated heterocycles. The number of hydroxylamine groups is 1. The SMILES string of the molecule is CC1(C)CC(NOC2CCCC2)CCO1. The summed E-state index contributed by atoms with van der Waals surface area (Å²) in [4.78, 5) is 5.73. The van der Waals surface area contributed by atoms with Gasteiger partial charge in [-0.2, -0.15) is 5.48 Å². The topological polar surface area (TPSA) is 30.5 Å². The smallest absolute Gasteiger partial charge is 0.0790 e. The first-order chi connectivity index (χ1) is 7.16. The fourth-order valence-electron chi connectivity index (χ4n) is 2.53. The van der Waals surface area contributed by atoms with Gasteiger partial charge < -0.3 is 4.74 Å². The second-order valence-electron chi connectivity index (χ2n) is 5.44. The Morgan fingerprint density at radius 2 is 1.93 bits per heavy atom. The molecular weight excluding hydrogens is 190 g/mol. The summed E-state index contributed by atoms with van der Waals surface area (Å²) in [6.45, 7) is 5.14. The summed E-state index contributed by atoms with van der Waals surface area (Å²) in [5, 5.41) is 0. The van der Waals surface area contributed by atoms with Crippen molar-refractivity contribution in [1.29, 1.82) is 0 Å². The van der Waals surface area contributed by atoms with Gasteiger partial charge in [0.15, 0.2) is 0 Å². The number of hydrogen-bond donors (Lipinski definition) is 1. The highest BCUT2D eigenvalue weighted by molar-refractivity contribution is 4.81. The molecule has 15 heavy (non-hydrogen) atoms. The molecule has 1 aliphatic carbocycles. The Bertz CT molecular complexity index is 200. The van der Waals surface area contributed by atoms with Crippen LogP contribution in [0.3, 0.4) is 0 Å². The van der Waals surface area contributed by atoms with Crippen LogP contribution < -0.4 is 5.48 Å². The lowest BCUT2D eigenvalue weighted by Crippen LogP contribution is -2.44. The van der Waals surface area contributed by atoms with Gasteiger partial charge in [-0.15, -0.1) is 0 Å². The van der Waals surface area contributed by atoms with Gasteiger partial charge in [0.25, 0.3) is 0 Å². The molecule has 0 aromatic heterocycles. The molecule has 0 spiro atoms. The quantitative estimate of drug-likeness (QED) is 0.730. The van der Waals surface area contributed by atoms with E-state index in [4.69, 9.17) is 9.57 Å². The average molecular weight is 213 g/mol. The van der Waals surface area contributed by atoms with E-state index in [0.717, 1.165) is 19.4 Å². The molecule has 2 rings (SSSR count). The molecule has 1 saturated carbocycles. The average Bonchev–Trinajstić information content (AvgIpc) is 2.65. The third-order valence-corrected chi connectivity index (χ3v) is 3.40. The highest BCUT2D eigenvalue weighted by Crippen LogP contribution is 2.25. The van der Waals surface area contributed by atoms with Crippen molar-refractivity contribution in [2.75, 3.05) is 6.61 Å². The van der Waals surface area contributed by atoms with Gasteiger partial charge in [-0.3, -0.25) is 4.84 Å². The lowest BCUT2D eigenvalue weighted by atomic mass is 9.95. The number of rotatable bonds is 3. The molecule has 88 valence electrons. The summed E-state index contributed by atoms with van der Waals surface area (Å²) in [6.07, 6.45) is 7.66. The summed E-state index contributed by atoms with van der Waals surface area (Å²) in [7, 11) is 0. The highest BCUT2D eigenvalue weighted by atomic mass is 16.7. The Kier molecular flexibility index (Phi) is 3.65. The molecule has 1 atom stereocenters. The van der Waals surface area contributed by atoms with Crippen LogP contribution in [0.5, 0.6) is 0 Å². The molecule has 3 heteroatoms. The molecule has 0 aromatic rings. The molecule has 1 heterocycles. The molecule has 2 aliphatic rings. The first-order valence-corrected chi connectivity index (χ1v) is 6.21. The first-order valence-electron chi connectivity index (χ1n) is 6.21. The minimum absolute atomic E-state index is 0.00888. The third-order valence-electron chi connectivity index (χ3n) is 3.40. The van der Waals surface area contributed by atoms with Crippen molar-refractivity contribution in [2.45, 2.75) is 70.1 Å². The van der Waals surface area contributed by atoms with Crippen LogP contribution in [0.4, 0.5) is 0 Å². The zero-order valence-corrected chi connectivity index (χ0v) is 9.92. The van der Waals surface area contributed by atoms with Crippen LogP contribution in [0, 0.1) is 0 Å². The van der Waals surface area contributed by atoms with Crippen LogP contribution in [0.25, 0.3) is 0 Å². The van der Waals surface area contributed by atoms with Gasteiger partial charge in [0.05, 0.1) is 11.7 Å². The summed E-state index contributed by atoms with van der Waals surface area (Å²) in [5.74, 6) is 0. The Morgan fingerprint density at radius 1 is 1.20 bits per heavy atom. The monoisotopic (exact) mass is 213 g/mol. The van der Waals surface area contributed by atoms with Crippen molar-refractivity contribution in [3.8, 4) is 0 Å². The molecule has 1 unspecified atom stereocenters. The predicted molar refractivity (Wildman–Crippen MR) is 59.5 cm³/mol. The highest BCUT2D eigenvalue weighted by Gasteiger charge is 2.29. The number of ether oxygens (including phenoxy) is 1. The van der Waals surface area contributed by atoms with Crippen LogP contribution in [0.1, 0.15) is 52.4 Å². The van der Waals surface area contributed by atoms with E-state index >= 15 is 0 Å². The van der Waals surface area contributed by atoms with Gasteiger partial charge in [-0.1, -0.05) is 12.8 Å². The van der Waals surface area contributed by atoms with Crippen molar-refractivity contribution in [2.24, 2.45) is 0 Å². The Morgan fingerprint density at radius 3 is 2.60 bits per heavy atom. The third kappa shape index (κ3) is 3.44. The van der Waals surface area contributed by atoms with E-state index in [0.29, 0.717) is 12.1 Å². The van der Waals surface area contributed by atoms with Gasteiger partial charge in [-0.25, -0.2) is 0 Å². The van der Waals surface area contributed by atoms with Crippen molar-refractivity contribution in [3.63, 3.8) is 0 Å². The zero-order chi connectivity index (χ0) is 10.7. The number of nitrogens with one attached hydrogen (secondary N) is 1. The molecule has 0 amide bonds. The van der Waals surface area contributed by atoms with Crippen LogP contribution in [0.15, 0.2) is 0 Å². The standard InChI is InChI=1S/C12H23NO2/c1-12(2)9-10(7-8-14-12)13-15-11-5-3-4-6-11/h10-11,13H,3-9H2,1-2H3. The minimum atomic E-state index is 0.00888. The maximum Gasteiger partial charge on any atom is 0.0790 e. The second kappa shape index (κ2) is 4.81. The normalized spacial score (nSPS) is 32.0. The number of hydrogen-bond acceptors (Lipinski definition) is 3. The lowest BCUT2D eigenvalue weighted by Gasteiger charge is -2.35. The molecule has 0 radical (unpaired) electrons. The second-order valence-corrected chi connectivity index (χ2v) is 5.44. The van der Waals surface area contributed by atoms with Crippen LogP contribution >= 0.6 is 0 Å². The van der Waals surface area contributed by atoms with Crippen LogP contribution in [-0.2, 0) is 9.57 Å². The maximum atomic E-state index is 5.73. The van der Waals surface area contributed by atoms with Crippen molar-refractivity contribution < 1.29 is 9.57 Å². The molecule has 2 fully saturated rings. The van der Waals surface area contributed by atoms with E-state index in [2.05, 4.69) is 19.3 Å². The summed E-state index contributed by atoms with van der Waals surface area (Å²) in [6, 6.07) is 0.467. The van der Waals surface area contributed by atoms with Gasteiger partial charge in [0.2, 0.25) is 0 Å². The predicted octanol–water partition coefficient (Wildman–Crippen LogP) is 2.41. The fourth-order valence-corrected chi connectivity index (χ4v) is 2.53. The van der Waals surface area contributed by atoms with Crippen LogP contribution in [0.2, 0.25) is 0 Å². The lowest BCUT2D eigenvalue weighted by molar-refractivity contribution is -0.108. The summed E-state index contributed by atoms with van der Waals surface area (Å²) in [5.41, 5.74) is 3.25. The van der Waals surface area contributed by atoms with Gasteiger partial charge in [0, 0.05) is 12.6 Å². The van der Waals surface area contributed by atoms with E-state index in [1.807, 2.05) is 0 Å². The largest absolute Gasteiger partial charge is 0.375 e. The van der Waals surface area contributed by atoms with E-state index in [-0.39, 0.29) is 5.60 Å². The molecule has 0 aromatic carbocycles. The van der Waals surface area contributed by atoms with Crippen molar-refractivity contribution in [1.82, 2.24) is 5.48 Å². The summed E-state index contributed by atoms with van der Waals surface area (Å²) < 4.78 is 5.67. The Balaban J connectivity index is 1.69. The molecule has 0 bridgehead atoms. The maximum absolute atomic E-state index is 5.73. The molecule has 3 nitrogen and oxygen atoms in total. The molecule has 1 aliphatic heterocycles. The minimum Gasteiger partial charge on any atom is -0.375 e. The molecule has 1 N–H and O–H groups in total. The zero-order valence-electron chi connectivity index (χ0n) is 9.92. The van der Waals surface area contributed by atoms with E-state index in [1.54, 1.807) is 0 Å². The van der Waals surface area contributed by atoms with Gasteiger partial charge >= 0.3 is 0 Å². The van der Waals surface area contributed by atoms with Crippen molar-refractivity contribution in [3.05, 3.63) is 0 Å². The van der Waals surface area contributed by atoms with E-state index in [1.165, 1.54) is 25.7 Å². The Labute approximate surface area is 92.5 Å². The fraction of sp³-hybridized carbons (Fsp3) is 1.00. The Hall–Kier alpha value is -0.120. The van der Waals surface area contributed by atoms with Gasteiger partial charge in [-0.05, 0) is 39.5 Å². The molecular formula is C12H23NO2. The first kappa shape index (κ1) is 11.4. The van der Waals surface area contributed by atoms with Crippen LogP contribution in [-0.4, -0.2) is 24.4 Å². The van der Waals surface area contributed by atoms with Crippen molar-refractivity contribution >= 4 is 0 Å².